The molecule has 0 saturated heterocycles. The highest BCUT2D eigenvalue weighted by molar-refractivity contribution is 5.96. The fourth-order valence-electron chi connectivity index (χ4n) is 2.20. The van der Waals surface area contributed by atoms with Crippen molar-refractivity contribution in [2.24, 2.45) is 15.6 Å². The lowest BCUT2D eigenvalue weighted by molar-refractivity contribution is -0.384. The fraction of sp³-hybridized carbons (Fsp3) is 0.357. The average molecular weight is 305 g/mol. The predicted molar refractivity (Wildman–Crippen MR) is 77.0 cm³/mol. The second-order valence-corrected chi connectivity index (χ2v) is 5.87. The highest BCUT2D eigenvalue weighted by Crippen LogP contribution is 2.37. The molecule has 0 radical (unpaired) electrons. The summed E-state index contributed by atoms with van der Waals surface area (Å²) in [7, 11) is 0. The van der Waals surface area contributed by atoms with Gasteiger partial charge in [-0.3, -0.25) is 14.9 Å². The molecule has 2 rings (SSSR count). The summed E-state index contributed by atoms with van der Waals surface area (Å²) in [5.41, 5.74) is -0.938. The molecule has 0 fully saturated rings. The number of hydrogen-bond acceptors (Lipinski definition) is 7. The van der Waals surface area contributed by atoms with Gasteiger partial charge in [-0.15, -0.1) is 10.2 Å². The van der Waals surface area contributed by atoms with Crippen molar-refractivity contribution in [3.8, 4) is 5.75 Å². The van der Waals surface area contributed by atoms with Gasteiger partial charge in [0.1, 0.15) is 17.2 Å². The maximum absolute atomic E-state index is 12.0. The van der Waals surface area contributed by atoms with Crippen LogP contribution in [0.25, 0.3) is 0 Å². The Balaban J connectivity index is 2.34. The molecule has 0 saturated carbocycles. The minimum absolute atomic E-state index is 0.146. The molecular weight excluding hydrogens is 290 g/mol. The Morgan fingerprint density at radius 2 is 1.91 bits per heavy atom. The first-order valence-electron chi connectivity index (χ1n) is 6.54. The summed E-state index contributed by atoms with van der Waals surface area (Å²) in [6, 6.07) is 3.28. The smallest absolute Gasteiger partial charge is 0.271 e. The number of Topliss-reactive ketones (excluding diaryl/α,β-unsaturated/α-hetero) is 1. The molecule has 0 unspecified atom stereocenters. The third kappa shape index (κ3) is 3.27. The summed E-state index contributed by atoms with van der Waals surface area (Å²) < 4.78 is 0. The van der Waals surface area contributed by atoms with Gasteiger partial charge in [0.05, 0.1) is 4.92 Å². The van der Waals surface area contributed by atoms with Gasteiger partial charge in [0, 0.05) is 25.0 Å². The molecule has 1 aromatic carbocycles. The van der Waals surface area contributed by atoms with E-state index in [0.717, 1.165) is 18.2 Å². The maximum atomic E-state index is 12.0. The first-order valence-corrected chi connectivity index (χ1v) is 6.54. The Hall–Kier alpha value is -2.77. The van der Waals surface area contributed by atoms with E-state index in [-0.39, 0.29) is 52.6 Å². The highest BCUT2D eigenvalue weighted by Gasteiger charge is 2.33. The number of carbonyl (C=O) groups excluding carboxylic acids is 1. The van der Waals surface area contributed by atoms with E-state index in [2.05, 4.69) is 10.2 Å². The number of aliphatic hydroxyl groups excluding tert-OH is 1. The van der Waals surface area contributed by atoms with Crippen LogP contribution in [-0.4, -0.2) is 20.9 Å². The number of nitrogens with zero attached hydrogens (tertiary/aromatic N) is 3. The molecule has 0 spiro atoms. The number of ketones is 1. The molecule has 8 heteroatoms. The molecule has 2 N–H and O–H groups in total. The van der Waals surface area contributed by atoms with E-state index in [1.54, 1.807) is 0 Å². The van der Waals surface area contributed by atoms with Crippen LogP contribution in [0.5, 0.6) is 5.75 Å². The topological polar surface area (TPSA) is 125 Å². The Morgan fingerprint density at radius 3 is 2.50 bits per heavy atom. The van der Waals surface area contributed by atoms with Crippen LogP contribution in [0.15, 0.2) is 39.9 Å². The van der Waals surface area contributed by atoms with Crippen molar-refractivity contribution < 1.29 is 19.9 Å². The predicted octanol–water partition coefficient (Wildman–Crippen LogP) is 3.54. The van der Waals surface area contributed by atoms with Gasteiger partial charge in [0.15, 0.2) is 11.5 Å². The van der Waals surface area contributed by atoms with Gasteiger partial charge < -0.3 is 10.2 Å². The molecule has 8 nitrogen and oxygen atoms in total. The number of phenols is 1. The molecule has 0 bridgehead atoms. The molecule has 1 aliphatic carbocycles. The van der Waals surface area contributed by atoms with Gasteiger partial charge in [-0.25, -0.2) is 0 Å². The van der Waals surface area contributed by atoms with E-state index in [1.807, 2.05) is 13.8 Å². The third-order valence-corrected chi connectivity index (χ3v) is 3.25. The van der Waals surface area contributed by atoms with Gasteiger partial charge in [0.2, 0.25) is 0 Å². The van der Waals surface area contributed by atoms with Crippen LogP contribution in [0.2, 0.25) is 0 Å². The monoisotopic (exact) mass is 305 g/mol. The number of carbonyl (C=O) groups is 1. The number of nitro benzene ring substituents is 1. The number of rotatable bonds is 3. The number of hydrogen-bond donors (Lipinski definition) is 2. The Kier molecular flexibility index (Phi) is 3.94. The molecule has 0 atom stereocenters. The second-order valence-electron chi connectivity index (χ2n) is 5.87. The lowest BCUT2D eigenvalue weighted by Crippen LogP contribution is -2.25. The molecule has 0 aliphatic heterocycles. The van der Waals surface area contributed by atoms with E-state index in [9.17, 15) is 25.1 Å². The van der Waals surface area contributed by atoms with Gasteiger partial charge in [-0.1, -0.05) is 13.8 Å². The van der Waals surface area contributed by atoms with E-state index < -0.39 is 4.92 Å². The number of azo groups is 1. The number of aromatic hydroxyl groups is 1. The summed E-state index contributed by atoms with van der Waals surface area (Å²) in [4.78, 5) is 22.0. The maximum Gasteiger partial charge on any atom is 0.271 e. The summed E-state index contributed by atoms with van der Waals surface area (Å²) >= 11 is 0. The number of benzene rings is 1. The van der Waals surface area contributed by atoms with Gasteiger partial charge in [-0.05, 0) is 11.5 Å². The summed E-state index contributed by atoms with van der Waals surface area (Å²) in [5, 5.41) is 37.5. The van der Waals surface area contributed by atoms with Crippen LogP contribution in [0, 0.1) is 15.5 Å². The van der Waals surface area contributed by atoms with Crippen molar-refractivity contribution >= 4 is 17.2 Å². The molecule has 0 heterocycles. The van der Waals surface area contributed by atoms with Gasteiger partial charge in [-0.2, -0.15) is 0 Å². The minimum Gasteiger partial charge on any atom is -0.510 e. The van der Waals surface area contributed by atoms with Crippen LogP contribution in [0.3, 0.4) is 0 Å². The number of allylic oxidation sites excluding steroid dienone is 2. The molecule has 22 heavy (non-hydrogen) atoms. The Bertz CT molecular complexity index is 706. The zero-order valence-electron chi connectivity index (χ0n) is 12.1. The molecule has 1 aliphatic rings. The van der Waals surface area contributed by atoms with E-state index in [4.69, 9.17) is 0 Å². The molecule has 0 amide bonds. The van der Waals surface area contributed by atoms with Crippen molar-refractivity contribution in [3.63, 3.8) is 0 Å². The molecule has 116 valence electrons. The summed E-state index contributed by atoms with van der Waals surface area (Å²) in [6.07, 6.45) is 0.500. The van der Waals surface area contributed by atoms with Crippen LogP contribution in [0.4, 0.5) is 11.4 Å². The first kappa shape index (κ1) is 15.6. The summed E-state index contributed by atoms with van der Waals surface area (Å²) in [5.74, 6) is -0.838. The zero-order valence-corrected chi connectivity index (χ0v) is 12.1. The highest BCUT2D eigenvalue weighted by atomic mass is 16.6. The number of aliphatic hydroxyl groups is 1. The van der Waals surface area contributed by atoms with Crippen LogP contribution < -0.4 is 0 Å². The fourth-order valence-corrected chi connectivity index (χ4v) is 2.20. The molecule has 0 aromatic heterocycles. The quantitative estimate of drug-likeness (QED) is 0.501. The Labute approximate surface area is 126 Å². The van der Waals surface area contributed by atoms with Gasteiger partial charge in [0.25, 0.3) is 5.69 Å². The van der Waals surface area contributed by atoms with Crippen molar-refractivity contribution in [2.75, 3.05) is 0 Å². The SMILES string of the molecule is CC1(C)CC(=O)C(N=Nc2cc([N+](=O)[O-])ccc2O)=C(O)C1. The van der Waals surface area contributed by atoms with E-state index in [1.165, 1.54) is 0 Å². The van der Waals surface area contributed by atoms with Crippen LogP contribution in [-0.2, 0) is 4.79 Å². The van der Waals surface area contributed by atoms with E-state index in [0.29, 0.717) is 0 Å². The van der Waals surface area contributed by atoms with Crippen LogP contribution in [0.1, 0.15) is 26.7 Å². The number of nitro groups is 1. The van der Waals surface area contributed by atoms with Crippen molar-refractivity contribution in [1.29, 1.82) is 0 Å². The van der Waals surface area contributed by atoms with Gasteiger partial charge >= 0.3 is 0 Å². The van der Waals surface area contributed by atoms with Crippen molar-refractivity contribution in [2.45, 2.75) is 26.7 Å². The first-order chi connectivity index (χ1) is 10.2. The number of phenolic OH excluding ortho intramolecular Hbond substituents is 1. The van der Waals surface area contributed by atoms with Crippen molar-refractivity contribution in [3.05, 3.63) is 39.8 Å². The minimum atomic E-state index is -0.635. The normalized spacial score (nSPS) is 18.0. The van der Waals surface area contributed by atoms with Crippen LogP contribution >= 0.6 is 0 Å². The second kappa shape index (κ2) is 5.55. The van der Waals surface area contributed by atoms with Crippen molar-refractivity contribution in [1.82, 2.24) is 0 Å². The number of non-ortho nitro benzene ring substituents is 1. The Morgan fingerprint density at radius 1 is 1.23 bits per heavy atom. The average Bonchev–Trinajstić information content (AvgIpc) is 2.38. The largest absolute Gasteiger partial charge is 0.510 e. The standard InChI is InChI=1S/C14H15N3O5/c1-14(2)6-11(19)13(12(20)7-14)16-15-9-5-8(17(21)22)3-4-10(9)18/h3-5,18-19H,6-7H2,1-2H3. The third-order valence-electron chi connectivity index (χ3n) is 3.25. The zero-order chi connectivity index (χ0) is 16.5. The van der Waals surface area contributed by atoms with E-state index >= 15 is 0 Å². The summed E-state index contributed by atoms with van der Waals surface area (Å²) in [6.45, 7) is 3.70. The molecule has 1 aromatic rings. The lowest BCUT2D eigenvalue weighted by atomic mass is 9.78. The lowest BCUT2D eigenvalue weighted by Gasteiger charge is -2.27. The molecular formula is C14H15N3O5.